The van der Waals surface area contributed by atoms with Crippen LogP contribution in [0.25, 0.3) is 0 Å². The molecule has 2 atom stereocenters. The Hall–Kier alpha value is -1.91. The topological polar surface area (TPSA) is 53.5 Å². The third-order valence-electron chi connectivity index (χ3n) is 5.57. The lowest BCUT2D eigenvalue weighted by Gasteiger charge is -2.35. The minimum absolute atomic E-state index is 0.0363. The summed E-state index contributed by atoms with van der Waals surface area (Å²) in [6, 6.07) is 6.01. The van der Waals surface area contributed by atoms with Crippen LogP contribution in [0.5, 0.6) is 0 Å². The fourth-order valence-corrected chi connectivity index (χ4v) is 4.11. The standard InChI is InChI=1S/C19H25N3O2/c23-18(14-8-9-14)21-11-3-5-15(13-21)19(24)22-12-4-7-17(22)16-6-1-2-10-20-16/h1-2,6,10,14-15,17H,3-5,7-9,11-13H2/t15-,17+/m1/s1. The maximum absolute atomic E-state index is 13.1. The molecule has 24 heavy (non-hydrogen) atoms. The van der Waals surface area contributed by atoms with E-state index in [0.717, 1.165) is 57.3 Å². The molecule has 0 N–H and O–H groups in total. The lowest BCUT2D eigenvalue weighted by Crippen LogP contribution is -2.47. The Morgan fingerprint density at radius 3 is 2.54 bits per heavy atom. The molecule has 0 spiro atoms. The number of rotatable bonds is 3. The average molecular weight is 327 g/mol. The SMILES string of the molecule is O=C(C1CC1)N1CCC[C@@H](C(=O)N2CCC[C@H]2c2ccccn2)C1. The van der Waals surface area contributed by atoms with E-state index in [-0.39, 0.29) is 29.7 Å². The van der Waals surface area contributed by atoms with Gasteiger partial charge >= 0.3 is 0 Å². The number of carbonyl (C=O) groups excluding carboxylic acids is 2. The summed E-state index contributed by atoms with van der Waals surface area (Å²) < 4.78 is 0. The number of aromatic nitrogens is 1. The van der Waals surface area contributed by atoms with Gasteiger partial charge in [0.2, 0.25) is 11.8 Å². The molecule has 5 heteroatoms. The second-order valence-corrected chi connectivity index (χ2v) is 7.34. The highest BCUT2D eigenvalue weighted by Crippen LogP contribution is 2.35. The van der Waals surface area contributed by atoms with Gasteiger partial charge in [0.15, 0.2) is 0 Å². The normalized spacial score (nSPS) is 27.3. The number of amides is 2. The molecule has 1 saturated carbocycles. The van der Waals surface area contributed by atoms with Crippen LogP contribution in [0.15, 0.2) is 24.4 Å². The van der Waals surface area contributed by atoms with Crippen LogP contribution in [-0.4, -0.2) is 46.2 Å². The summed E-state index contributed by atoms with van der Waals surface area (Å²) in [5, 5.41) is 0. The lowest BCUT2D eigenvalue weighted by atomic mass is 9.95. The maximum atomic E-state index is 13.1. The van der Waals surface area contributed by atoms with Crippen molar-refractivity contribution in [1.82, 2.24) is 14.8 Å². The molecule has 4 rings (SSSR count). The van der Waals surface area contributed by atoms with Gasteiger partial charge in [-0.2, -0.15) is 0 Å². The summed E-state index contributed by atoms with van der Waals surface area (Å²) in [6.45, 7) is 2.25. The Morgan fingerprint density at radius 1 is 0.958 bits per heavy atom. The predicted molar refractivity (Wildman–Crippen MR) is 90.0 cm³/mol. The van der Waals surface area contributed by atoms with E-state index in [1.807, 2.05) is 28.0 Å². The Morgan fingerprint density at radius 2 is 1.79 bits per heavy atom. The highest BCUT2D eigenvalue weighted by molar-refractivity contribution is 5.84. The largest absolute Gasteiger partial charge is 0.342 e. The van der Waals surface area contributed by atoms with Gasteiger partial charge in [0.25, 0.3) is 0 Å². The number of nitrogens with zero attached hydrogens (tertiary/aromatic N) is 3. The molecule has 3 aliphatic rings. The molecule has 0 unspecified atom stereocenters. The van der Waals surface area contributed by atoms with Crippen LogP contribution in [0.2, 0.25) is 0 Å². The monoisotopic (exact) mass is 327 g/mol. The average Bonchev–Trinajstić information content (AvgIpc) is 3.38. The van der Waals surface area contributed by atoms with Gasteiger partial charge in [0, 0.05) is 31.7 Å². The van der Waals surface area contributed by atoms with Gasteiger partial charge in [-0.15, -0.1) is 0 Å². The molecule has 2 amide bonds. The van der Waals surface area contributed by atoms with Crippen molar-refractivity contribution in [3.8, 4) is 0 Å². The summed E-state index contributed by atoms with van der Waals surface area (Å²) in [4.78, 5) is 33.8. The third-order valence-corrected chi connectivity index (χ3v) is 5.57. The zero-order chi connectivity index (χ0) is 16.5. The molecule has 3 heterocycles. The second-order valence-electron chi connectivity index (χ2n) is 7.34. The van der Waals surface area contributed by atoms with Crippen LogP contribution in [0.3, 0.4) is 0 Å². The fourth-order valence-electron chi connectivity index (χ4n) is 4.11. The Balaban J connectivity index is 1.45. The number of hydrogen-bond donors (Lipinski definition) is 0. The first kappa shape index (κ1) is 15.6. The molecule has 3 fully saturated rings. The van der Waals surface area contributed by atoms with Gasteiger partial charge in [-0.25, -0.2) is 0 Å². The first-order valence-corrected chi connectivity index (χ1v) is 9.24. The molecular formula is C19H25N3O2. The van der Waals surface area contributed by atoms with Gasteiger partial charge in [-0.05, 0) is 50.7 Å². The first-order chi connectivity index (χ1) is 11.7. The molecule has 0 bridgehead atoms. The van der Waals surface area contributed by atoms with E-state index in [0.29, 0.717) is 6.54 Å². The van der Waals surface area contributed by atoms with Gasteiger partial charge in [0.05, 0.1) is 17.7 Å². The third kappa shape index (κ3) is 3.04. The minimum atomic E-state index is -0.0363. The van der Waals surface area contributed by atoms with Crippen molar-refractivity contribution < 1.29 is 9.59 Å². The van der Waals surface area contributed by atoms with E-state index in [2.05, 4.69) is 4.98 Å². The molecule has 1 aliphatic carbocycles. The van der Waals surface area contributed by atoms with Crippen LogP contribution >= 0.6 is 0 Å². The van der Waals surface area contributed by atoms with Crippen molar-refractivity contribution >= 4 is 11.8 Å². The zero-order valence-electron chi connectivity index (χ0n) is 14.1. The molecule has 0 radical (unpaired) electrons. The highest BCUT2D eigenvalue weighted by Gasteiger charge is 2.39. The van der Waals surface area contributed by atoms with Gasteiger partial charge in [-0.3, -0.25) is 14.6 Å². The van der Waals surface area contributed by atoms with Crippen LogP contribution in [0.1, 0.15) is 50.3 Å². The Bertz CT molecular complexity index is 614. The molecular weight excluding hydrogens is 302 g/mol. The molecule has 0 aromatic carbocycles. The molecule has 5 nitrogen and oxygen atoms in total. The van der Waals surface area contributed by atoms with Crippen molar-refractivity contribution in [2.75, 3.05) is 19.6 Å². The smallest absolute Gasteiger partial charge is 0.228 e. The fraction of sp³-hybridized carbons (Fsp3) is 0.632. The molecule has 1 aromatic heterocycles. The van der Waals surface area contributed by atoms with Crippen LogP contribution in [0.4, 0.5) is 0 Å². The van der Waals surface area contributed by atoms with Crippen LogP contribution in [0, 0.1) is 11.8 Å². The molecule has 2 aliphatic heterocycles. The van der Waals surface area contributed by atoms with E-state index in [9.17, 15) is 9.59 Å². The number of likely N-dealkylation sites (tertiary alicyclic amines) is 2. The second kappa shape index (κ2) is 6.54. The highest BCUT2D eigenvalue weighted by atomic mass is 16.2. The zero-order valence-corrected chi connectivity index (χ0v) is 14.1. The molecule has 128 valence electrons. The first-order valence-electron chi connectivity index (χ1n) is 9.24. The molecule has 1 aromatic rings. The van der Waals surface area contributed by atoms with Crippen molar-refractivity contribution in [3.05, 3.63) is 30.1 Å². The van der Waals surface area contributed by atoms with Crippen molar-refractivity contribution in [3.63, 3.8) is 0 Å². The number of carbonyl (C=O) groups is 2. The summed E-state index contributed by atoms with van der Waals surface area (Å²) >= 11 is 0. The predicted octanol–water partition coefficient (Wildman–Crippen LogP) is 2.39. The van der Waals surface area contributed by atoms with E-state index < -0.39 is 0 Å². The van der Waals surface area contributed by atoms with Crippen LogP contribution < -0.4 is 0 Å². The van der Waals surface area contributed by atoms with E-state index >= 15 is 0 Å². The Kier molecular flexibility index (Phi) is 4.25. The van der Waals surface area contributed by atoms with E-state index in [1.54, 1.807) is 6.20 Å². The number of piperidine rings is 1. The number of hydrogen-bond acceptors (Lipinski definition) is 3. The van der Waals surface area contributed by atoms with Crippen molar-refractivity contribution in [2.24, 2.45) is 11.8 Å². The quantitative estimate of drug-likeness (QED) is 0.856. The summed E-state index contributed by atoms with van der Waals surface area (Å²) in [7, 11) is 0. The van der Waals surface area contributed by atoms with Crippen molar-refractivity contribution in [2.45, 2.75) is 44.6 Å². The minimum Gasteiger partial charge on any atom is -0.342 e. The maximum Gasteiger partial charge on any atom is 0.228 e. The summed E-state index contributed by atoms with van der Waals surface area (Å²) in [6.07, 6.45) is 7.72. The summed E-state index contributed by atoms with van der Waals surface area (Å²) in [5.74, 6) is 0.698. The van der Waals surface area contributed by atoms with Gasteiger partial charge < -0.3 is 9.80 Å². The lowest BCUT2D eigenvalue weighted by molar-refractivity contribution is -0.142. The molecule has 2 saturated heterocycles. The Labute approximate surface area is 143 Å². The van der Waals surface area contributed by atoms with E-state index in [4.69, 9.17) is 0 Å². The van der Waals surface area contributed by atoms with Gasteiger partial charge in [0.1, 0.15) is 0 Å². The summed E-state index contributed by atoms with van der Waals surface area (Å²) in [5.41, 5.74) is 0.991. The van der Waals surface area contributed by atoms with Gasteiger partial charge in [-0.1, -0.05) is 6.07 Å². The van der Waals surface area contributed by atoms with Crippen LogP contribution in [-0.2, 0) is 9.59 Å². The van der Waals surface area contributed by atoms with Crippen molar-refractivity contribution in [1.29, 1.82) is 0 Å². The van der Waals surface area contributed by atoms with E-state index in [1.165, 1.54) is 0 Å². The number of pyridine rings is 1.